The van der Waals surface area contributed by atoms with Crippen LogP contribution in [0.25, 0.3) is 0 Å². The summed E-state index contributed by atoms with van der Waals surface area (Å²) in [6, 6.07) is 7.64. The van der Waals surface area contributed by atoms with Gasteiger partial charge < -0.3 is 14.8 Å². The minimum Gasteiger partial charge on any atom is -0.492 e. The zero-order chi connectivity index (χ0) is 16.8. The van der Waals surface area contributed by atoms with Crippen molar-refractivity contribution in [2.24, 2.45) is 0 Å². The number of hydrogen-bond acceptors (Lipinski definition) is 5. The second-order valence-corrected chi connectivity index (χ2v) is 4.49. The SMILES string of the molecule is COc1cc(NCCOc2ccc(F)c(F)c2)ccc1[N+](=O)[O-]. The van der Waals surface area contributed by atoms with Crippen molar-refractivity contribution < 1.29 is 23.2 Å². The van der Waals surface area contributed by atoms with Crippen molar-refractivity contribution in [2.75, 3.05) is 25.6 Å². The molecule has 0 spiro atoms. The molecule has 0 radical (unpaired) electrons. The first-order valence-electron chi connectivity index (χ1n) is 6.65. The molecule has 8 heteroatoms. The van der Waals surface area contributed by atoms with Crippen molar-refractivity contribution in [1.82, 2.24) is 0 Å². The zero-order valence-corrected chi connectivity index (χ0v) is 12.2. The maximum atomic E-state index is 13.0. The fraction of sp³-hybridized carbons (Fsp3) is 0.200. The second-order valence-electron chi connectivity index (χ2n) is 4.49. The average molecular weight is 324 g/mol. The summed E-state index contributed by atoms with van der Waals surface area (Å²) in [7, 11) is 1.35. The molecular formula is C15H14F2N2O4. The van der Waals surface area contributed by atoms with E-state index in [0.29, 0.717) is 12.2 Å². The Balaban J connectivity index is 1.88. The van der Waals surface area contributed by atoms with Gasteiger partial charge >= 0.3 is 5.69 Å². The first-order valence-corrected chi connectivity index (χ1v) is 6.65. The third kappa shape index (κ3) is 4.29. The van der Waals surface area contributed by atoms with Gasteiger partial charge in [0.25, 0.3) is 0 Å². The highest BCUT2D eigenvalue weighted by Crippen LogP contribution is 2.29. The van der Waals surface area contributed by atoms with Crippen LogP contribution in [0.4, 0.5) is 20.2 Å². The Bertz CT molecular complexity index is 710. The van der Waals surface area contributed by atoms with Crippen molar-refractivity contribution >= 4 is 11.4 Å². The normalized spacial score (nSPS) is 10.2. The van der Waals surface area contributed by atoms with Gasteiger partial charge in [-0.1, -0.05) is 0 Å². The molecule has 0 heterocycles. The lowest BCUT2D eigenvalue weighted by atomic mass is 10.2. The molecule has 1 N–H and O–H groups in total. The van der Waals surface area contributed by atoms with E-state index >= 15 is 0 Å². The van der Waals surface area contributed by atoms with Crippen molar-refractivity contribution in [1.29, 1.82) is 0 Å². The summed E-state index contributed by atoms with van der Waals surface area (Å²) >= 11 is 0. The lowest BCUT2D eigenvalue weighted by Gasteiger charge is -2.10. The Morgan fingerprint density at radius 1 is 1.17 bits per heavy atom. The van der Waals surface area contributed by atoms with Gasteiger partial charge in [0, 0.05) is 30.4 Å². The standard InChI is InChI=1S/C15H14F2N2O4/c1-22-15-8-10(2-5-14(15)19(20)21)18-6-7-23-11-3-4-12(16)13(17)9-11/h2-5,8-9,18H,6-7H2,1H3. The van der Waals surface area contributed by atoms with Crippen LogP contribution in [0, 0.1) is 21.7 Å². The lowest BCUT2D eigenvalue weighted by molar-refractivity contribution is -0.385. The van der Waals surface area contributed by atoms with Crippen LogP contribution >= 0.6 is 0 Å². The predicted molar refractivity (Wildman–Crippen MR) is 80.0 cm³/mol. The Hall–Kier alpha value is -2.90. The summed E-state index contributed by atoms with van der Waals surface area (Å²) in [5, 5.41) is 13.8. The Kier molecular flexibility index (Phi) is 5.29. The largest absolute Gasteiger partial charge is 0.492 e. The topological polar surface area (TPSA) is 73.6 Å². The van der Waals surface area contributed by atoms with E-state index in [2.05, 4.69) is 5.32 Å². The predicted octanol–water partition coefficient (Wildman–Crippen LogP) is 3.37. The van der Waals surface area contributed by atoms with Gasteiger partial charge in [0.15, 0.2) is 17.4 Å². The number of nitrogens with zero attached hydrogens (tertiary/aromatic N) is 1. The third-order valence-corrected chi connectivity index (χ3v) is 2.97. The first-order chi connectivity index (χ1) is 11.0. The van der Waals surface area contributed by atoms with E-state index in [9.17, 15) is 18.9 Å². The molecule has 0 aromatic heterocycles. The van der Waals surface area contributed by atoms with E-state index in [1.807, 2.05) is 0 Å². The van der Waals surface area contributed by atoms with Gasteiger partial charge in [-0.2, -0.15) is 0 Å². The van der Waals surface area contributed by atoms with Gasteiger partial charge in [0.05, 0.1) is 12.0 Å². The summed E-state index contributed by atoms with van der Waals surface area (Å²) < 4.78 is 36.0. The molecule has 0 unspecified atom stereocenters. The molecule has 2 aromatic carbocycles. The maximum Gasteiger partial charge on any atom is 0.311 e. The Morgan fingerprint density at radius 2 is 1.96 bits per heavy atom. The molecule has 0 atom stereocenters. The molecule has 0 saturated heterocycles. The maximum absolute atomic E-state index is 13.0. The summed E-state index contributed by atoms with van der Waals surface area (Å²) in [5.74, 6) is -1.56. The van der Waals surface area contributed by atoms with E-state index in [1.165, 1.54) is 31.4 Å². The smallest absolute Gasteiger partial charge is 0.311 e. The van der Waals surface area contributed by atoms with Crippen LogP contribution in [0.1, 0.15) is 0 Å². The first kappa shape index (κ1) is 16.5. The minimum atomic E-state index is -0.976. The van der Waals surface area contributed by atoms with E-state index in [0.717, 1.165) is 12.1 Å². The van der Waals surface area contributed by atoms with Crippen molar-refractivity contribution in [3.63, 3.8) is 0 Å². The molecule has 6 nitrogen and oxygen atoms in total. The Labute approximate surface area is 130 Å². The number of benzene rings is 2. The summed E-state index contributed by atoms with van der Waals surface area (Å²) in [6.45, 7) is 0.560. The van der Waals surface area contributed by atoms with E-state index in [1.54, 1.807) is 0 Å². The van der Waals surface area contributed by atoms with Crippen LogP contribution < -0.4 is 14.8 Å². The lowest BCUT2D eigenvalue weighted by Crippen LogP contribution is -2.11. The average Bonchev–Trinajstić information content (AvgIpc) is 2.54. The van der Waals surface area contributed by atoms with Crippen molar-refractivity contribution in [3.8, 4) is 11.5 Å². The molecular weight excluding hydrogens is 310 g/mol. The van der Waals surface area contributed by atoms with Crippen LogP contribution in [0.3, 0.4) is 0 Å². The molecule has 0 aliphatic carbocycles. The van der Waals surface area contributed by atoms with Gasteiger partial charge in [-0.25, -0.2) is 8.78 Å². The van der Waals surface area contributed by atoms with Crippen molar-refractivity contribution in [2.45, 2.75) is 0 Å². The second kappa shape index (κ2) is 7.39. The number of nitro benzene ring substituents is 1. The third-order valence-electron chi connectivity index (χ3n) is 2.97. The minimum absolute atomic E-state index is 0.129. The van der Waals surface area contributed by atoms with Crippen LogP contribution in [0.2, 0.25) is 0 Å². The fourth-order valence-corrected chi connectivity index (χ4v) is 1.87. The molecule has 0 amide bonds. The molecule has 0 bridgehead atoms. The van der Waals surface area contributed by atoms with Gasteiger partial charge in [0.1, 0.15) is 12.4 Å². The van der Waals surface area contributed by atoms with E-state index in [-0.39, 0.29) is 23.8 Å². The fourth-order valence-electron chi connectivity index (χ4n) is 1.87. The van der Waals surface area contributed by atoms with Crippen LogP contribution in [-0.4, -0.2) is 25.2 Å². The molecule has 2 aromatic rings. The molecule has 2 rings (SSSR count). The Morgan fingerprint density at radius 3 is 2.61 bits per heavy atom. The highest BCUT2D eigenvalue weighted by Gasteiger charge is 2.14. The number of methoxy groups -OCH3 is 1. The molecule has 0 fully saturated rings. The summed E-state index contributed by atoms with van der Waals surface area (Å²) in [4.78, 5) is 10.3. The molecule has 0 aliphatic rings. The summed E-state index contributed by atoms with van der Waals surface area (Å²) in [5.41, 5.74) is 0.484. The summed E-state index contributed by atoms with van der Waals surface area (Å²) in [6.07, 6.45) is 0. The number of halogens is 2. The van der Waals surface area contributed by atoms with Crippen LogP contribution in [0.5, 0.6) is 11.5 Å². The van der Waals surface area contributed by atoms with Crippen LogP contribution in [0.15, 0.2) is 36.4 Å². The van der Waals surface area contributed by atoms with E-state index < -0.39 is 16.6 Å². The van der Waals surface area contributed by atoms with Gasteiger partial charge in [-0.3, -0.25) is 10.1 Å². The van der Waals surface area contributed by atoms with E-state index in [4.69, 9.17) is 9.47 Å². The molecule has 0 aliphatic heterocycles. The van der Waals surface area contributed by atoms with Crippen molar-refractivity contribution in [3.05, 3.63) is 58.1 Å². The molecule has 23 heavy (non-hydrogen) atoms. The zero-order valence-electron chi connectivity index (χ0n) is 12.2. The highest BCUT2D eigenvalue weighted by molar-refractivity contribution is 5.57. The monoisotopic (exact) mass is 324 g/mol. The molecule has 122 valence electrons. The molecule has 0 saturated carbocycles. The van der Waals surface area contributed by atoms with Gasteiger partial charge in [-0.15, -0.1) is 0 Å². The quantitative estimate of drug-likeness (QED) is 0.480. The number of hydrogen-bond donors (Lipinski definition) is 1. The van der Waals surface area contributed by atoms with Gasteiger partial charge in [-0.05, 0) is 18.2 Å². The number of nitrogens with one attached hydrogen (secondary N) is 1. The van der Waals surface area contributed by atoms with Gasteiger partial charge in [0.2, 0.25) is 0 Å². The number of nitro groups is 1. The van der Waals surface area contributed by atoms with Crippen LogP contribution in [-0.2, 0) is 0 Å². The number of rotatable bonds is 7. The highest BCUT2D eigenvalue weighted by atomic mass is 19.2. The number of anilines is 1. The number of ether oxygens (including phenoxy) is 2.